The van der Waals surface area contributed by atoms with Crippen LogP contribution in [0.15, 0.2) is 16.8 Å². The van der Waals surface area contributed by atoms with Crippen molar-refractivity contribution in [1.29, 1.82) is 0 Å². The molecular formula is C13H17N5O2. The molecule has 1 atom stereocenters. The third kappa shape index (κ3) is 2.04. The molecule has 20 heavy (non-hydrogen) atoms. The number of nitrogens with one attached hydrogen (secondary N) is 1. The minimum atomic E-state index is 0.00112. The van der Waals surface area contributed by atoms with Gasteiger partial charge in [0.05, 0.1) is 17.3 Å². The number of hydrogen-bond donors (Lipinski definition) is 2. The Morgan fingerprint density at radius 1 is 1.45 bits per heavy atom. The van der Waals surface area contributed by atoms with Crippen LogP contribution in [0.5, 0.6) is 0 Å². The minimum Gasteiger partial charge on any atom is -0.397 e. The van der Waals surface area contributed by atoms with Gasteiger partial charge in [0, 0.05) is 20.1 Å². The second-order valence-electron chi connectivity index (χ2n) is 5.03. The lowest BCUT2D eigenvalue weighted by Crippen LogP contribution is -2.42. The fourth-order valence-corrected chi connectivity index (χ4v) is 2.74. The number of nitrogens with zero attached hydrogens (tertiary/aromatic N) is 3. The molecule has 1 aliphatic rings. The van der Waals surface area contributed by atoms with Gasteiger partial charge in [-0.1, -0.05) is 0 Å². The zero-order valence-electron chi connectivity index (χ0n) is 11.3. The average Bonchev–Trinajstić information content (AvgIpc) is 2.97. The van der Waals surface area contributed by atoms with Gasteiger partial charge in [-0.2, -0.15) is 0 Å². The molecule has 0 saturated carbocycles. The standard InChI is InChI=1S/C13H17N5O2/c1-15-13(19)8-3-2-6-18(7-8)10-5-4-9(14)11-12(10)17-20-16-11/h4-5,8H,2-3,6-7,14H2,1H3,(H,15,19). The van der Waals surface area contributed by atoms with Crippen LogP contribution in [0, 0.1) is 5.92 Å². The van der Waals surface area contributed by atoms with Gasteiger partial charge in [0.15, 0.2) is 11.0 Å². The Labute approximate surface area is 116 Å². The highest BCUT2D eigenvalue weighted by atomic mass is 16.6. The van der Waals surface area contributed by atoms with Gasteiger partial charge < -0.3 is 16.0 Å². The number of amides is 1. The van der Waals surface area contributed by atoms with Crippen LogP contribution >= 0.6 is 0 Å². The minimum absolute atomic E-state index is 0.00112. The number of carbonyl (C=O) groups is 1. The summed E-state index contributed by atoms with van der Waals surface area (Å²) in [7, 11) is 1.67. The van der Waals surface area contributed by atoms with Crippen molar-refractivity contribution in [2.45, 2.75) is 12.8 Å². The molecule has 1 aliphatic heterocycles. The zero-order valence-corrected chi connectivity index (χ0v) is 11.3. The lowest BCUT2D eigenvalue weighted by atomic mass is 9.96. The maximum Gasteiger partial charge on any atom is 0.224 e. The fourth-order valence-electron chi connectivity index (χ4n) is 2.74. The van der Waals surface area contributed by atoms with Crippen molar-refractivity contribution in [2.24, 2.45) is 5.92 Å². The molecule has 1 amide bonds. The average molecular weight is 275 g/mol. The molecule has 2 heterocycles. The highest BCUT2D eigenvalue weighted by Gasteiger charge is 2.27. The van der Waals surface area contributed by atoms with Crippen molar-refractivity contribution >= 4 is 28.3 Å². The Morgan fingerprint density at radius 3 is 3.05 bits per heavy atom. The van der Waals surface area contributed by atoms with Crippen LogP contribution in [0.1, 0.15) is 12.8 Å². The lowest BCUT2D eigenvalue weighted by Gasteiger charge is -2.33. The van der Waals surface area contributed by atoms with E-state index in [1.165, 1.54) is 0 Å². The van der Waals surface area contributed by atoms with Crippen LogP contribution in [0.3, 0.4) is 0 Å². The van der Waals surface area contributed by atoms with Gasteiger partial charge in [0.2, 0.25) is 5.91 Å². The van der Waals surface area contributed by atoms with Crippen LogP contribution in [-0.4, -0.2) is 36.4 Å². The van der Waals surface area contributed by atoms with E-state index < -0.39 is 0 Å². The third-order valence-corrected chi connectivity index (χ3v) is 3.80. The number of nitrogens with two attached hydrogens (primary N) is 1. The number of rotatable bonds is 2. The van der Waals surface area contributed by atoms with Crippen molar-refractivity contribution < 1.29 is 9.42 Å². The van der Waals surface area contributed by atoms with E-state index in [1.807, 2.05) is 6.07 Å². The van der Waals surface area contributed by atoms with Gasteiger partial charge in [0.25, 0.3) is 0 Å². The molecule has 0 spiro atoms. The molecule has 3 rings (SSSR count). The van der Waals surface area contributed by atoms with Crippen molar-refractivity contribution in [3.8, 4) is 0 Å². The number of carbonyl (C=O) groups excluding carboxylic acids is 1. The van der Waals surface area contributed by atoms with Crippen LogP contribution < -0.4 is 16.0 Å². The summed E-state index contributed by atoms with van der Waals surface area (Å²) >= 11 is 0. The number of aromatic nitrogens is 2. The Morgan fingerprint density at radius 2 is 2.25 bits per heavy atom. The first-order chi connectivity index (χ1) is 9.70. The fraction of sp³-hybridized carbons (Fsp3) is 0.462. The molecule has 7 nitrogen and oxygen atoms in total. The topological polar surface area (TPSA) is 97.3 Å². The van der Waals surface area contributed by atoms with E-state index in [2.05, 4.69) is 20.5 Å². The highest BCUT2D eigenvalue weighted by molar-refractivity contribution is 5.95. The van der Waals surface area contributed by atoms with Crippen LogP contribution in [-0.2, 0) is 4.79 Å². The zero-order chi connectivity index (χ0) is 14.1. The molecule has 0 bridgehead atoms. The molecule has 1 aromatic carbocycles. The van der Waals surface area contributed by atoms with E-state index in [0.717, 1.165) is 25.1 Å². The number of nitrogen functional groups attached to an aromatic ring is 1. The predicted octanol–water partition coefficient (Wildman–Crippen LogP) is 0.767. The van der Waals surface area contributed by atoms with Crippen molar-refractivity contribution in [3.05, 3.63) is 12.1 Å². The molecule has 3 N–H and O–H groups in total. The van der Waals surface area contributed by atoms with Crippen molar-refractivity contribution in [2.75, 3.05) is 30.8 Å². The summed E-state index contributed by atoms with van der Waals surface area (Å²) in [5.41, 5.74) is 8.55. The molecule has 106 valence electrons. The lowest BCUT2D eigenvalue weighted by molar-refractivity contribution is -0.124. The Hall–Kier alpha value is -2.31. The van der Waals surface area contributed by atoms with E-state index in [0.29, 0.717) is 23.3 Å². The summed E-state index contributed by atoms with van der Waals surface area (Å²) in [5.74, 6) is 0.0841. The third-order valence-electron chi connectivity index (χ3n) is 3.80. The summed E-state index contributed by atoms with van der Waals surface area (Å²) in [4.78, 5) is 14.0. The second kappa shape index (κ2) is 4.99. The monoisotopic (exact) mass is 275 g/mol. The van der Waals surface area contributed by atoms with E-state index >= 15 is 0 Å². The number of fused-ring (bicyclic) bond motifs is 1. The van der Waals surface area contributed by atoms with Crippen LogP contribution in [0.2, 0.25) is 0 Å². The maximum atomic E-state index is 11.8. The van der Waals surface area contributed by atoms with Gasteiger partial charge in [-0.15, -0.1) is 0 Å². The normalized spacial score (nSPS) is 19.2. The first-order valence-corrected chi connectivity index (χ1v) is 6.68. The van der Waals surface area contributed by atoms with Crippen molar-refractivity contribution in [3.63, 3.8) is 0 Å². The Balaban J connectivity index is 1.93. The highest BCUT2D eigenvalue weighted by Crippen LogP contribution is 2.31. The van der Waals surface area contributed by atoms with Gasteiger partial charge >= 0.3 is 0 Å². The number of hydrogen-bond acceptors (Lipinski definition) is 6. The molecular weight excluding hydrogens is 258 g/mol. The first kappa shape index (κ1) is 12.7. The number of piperidine rings is 1. The van der Waals surface area contributed by atoms with Crippen molar-refractivity contribution in [1.82, 2.24) is 15.6 Å². The van der Waals surface area contributed by atoms with Crippen LogP contribution in [0.4, 0.5) is 11.4 Å². The van der Waals surface area contributed by atoms with E-state index in [4.69, 9.17) is 10.4 Å². The molecule has 1 aromatic heterocycles. The molecule has 1 saturated heterocycles. The van der Waals surface area contributed by atoms with E-state index in [9.17, 15) is 4.79 Å². The molecule has 2 aromatic rings. The Kier molecular flexibility index (Phi) is 3.17. The summed E-state index contributed by atoms with van der Waals surface area (Å²) in [6.45, 7) is 1.56. The SMILES string of the molecule is CNC(=O)C1CCCN(c2ccc(N)c3nonc23)C1. The first-order valence-electron chi connectivity index (χ1n) is 6.68. The molecule has 1 fully saturated rings. The van der Waals surface area contributed by atoms with Gasteiger partial charge in [-0.25, -0.2) is 4.63 Å². The second-order valence-corrected chi connectivity index (χ2v) is 5.03. The smallest absolute Gasteiger partial charge is 0.224 e. The summed E-state index contributed by atoms with van der Waals surface area (Å²) in [6, 6.07) is 3.71. The van der Waals surface area contributed by atoms with Gasteiger partial charge in [-0.3, -0.25) is 4.79 Å². The maximum absolute atomic E-state index is 11.8. The van der Waals surface area contributed by atoms with Gasteiger partial charge in [0.1, 0.15) is 0 Å². The predicted molar refractivity (Wildman–Crippen MR) is 75.2 cm³/mol. The van der Waals surface area contributed by atoms with Gasteiger partial charge in [-0.05, 0) is 35.3 Å². The Bertz CT molecular complexity index is 639. The van der Waals surface area contributed by atoms with Crippen LogP contribution in [0.25, 0.3) is 11.0 Å². The number of anilines is 2. The summed E-state index contributed by atoms with van der Waals surface area (Å²) < 4.78 is 4.79. The molecule has 0 radical (unpaired) electrons. The quantitative estimate of drug-likeness (QED) is 0.786. The summed E-state index contributed by atoms with van der Waals surface area (Å²) in [5, 5.41) is 10.5. The largest absolute Gasteiger partial charge is 0.397 e. The summed E-state index contributed by atoms with van der Waals surface area (Å²) in [6.07, 6.45) is 1.88. The van der Waals surface area contributed by atoms with E-state index in [-0.39, 0.29) is 11.8 Å². The molecule has 1 unspecified atom stereocenters. The van der Waals surface area contributed by atoms with E-state index in [1.54, 1.807) is 13.1 Å². The molecule has 7 heteroatoms. The molecule has 0 aliphatic carbocycles. The number of benzene rings is 1.